The van der Waals surface area contributed by atoms with Gasteiger partial charge in [-0.1, -0.05) is 110 Å². The van der Waals surface area contributed by atoms with E-state index in [1.165, 1.54) is 94.1 Å². The van der Waals surface area contributed by atoms with E-state index < -0.39 is 0 Å². The summed E-state index contributed by atoms with van der Waals surface area (Å²) in [6.07, 6.45) is 17.7. The summed E-state index contributed by atoms with van der Waals surface area (Å²) < 4.78 is 17.0. The van der Waals surface area contributed by atoms with Gasteiger partial charge in [0.15, 0.2) is 5.75 Å². The third kappa shape index (κ3) is 10.4. The van der Waals surface area contributed by atoms with Crippen LogP contribution in [-0.2, 0) is 0 Å². The normalized spacial score (nSPS) is 14.1. The summed E-state index contributed by atoms with van der Waals surface area (Å²) in [6.45, 7) is 13.2. The molecule has 0 fully saturated rings. The number of allylic oxidation sites excluding steroid dienone is 1. The number of nitrogens with zero attached hydrogens (tertiary/aromatic N) is 3. The number of unbranched alkanes of at least 4 members (excludes halogenated alkanes) is 10. The molecule has 6 nitrogen and oxygen atoms in total. The standard InChI is InChI=1S/C37H57N3O3S/c1-9-11-13-15-17-19-23-40(24-20-18-16-14-12-10-2)28-21-22-32(41-6)30(25-28)34-31(38-36(39-34)37(3,4)5)26-29-27-33(42-7)35(43-8)44-29/h21-22,25-27H,9-20,23-24H2,1-8H3. The topological polar surface area (TPSA) is 55.7 Å². The Bertz CT molecular complexity index is 1220. The molecule has 1 aromatic heterocycles. The van der Waals surface area contributed by atoms with E-state index in [1.54, 1.807) is 21.3 Å². The molecule has 1 aliphatic heterocycles. The molecular formula is C37H57N3O3S. The molecule has 0 saturated heterocycles. The van der Waals surface area contributed by atoms with E-state index in [0.717, 1.165) is 57.3 Å². The Balaban J connectivity index is 1.95. The average molecular weight is 624 g/mol. The fourth-order valence-corrected chi connectivity index (χ4v) is 6.35. The Kier molecular flexibility index (Phi) is 14.8. The largest absolute Gasteiger partial charge is 0.496 e. The molecule has 244 valence electrons. The summed E-state index contributed by atoms with van der Waals surface area (Å²) in [5.74, 6) is 2.35. The van der Waals surface area contributed by atoms with Crippen LogP contribution in [0.4, 0.5) is 5.69 Å². The summed E-state index contributed by atoms with van der Waals surface area (Å²) in [7, 11) is 5.07. The summed E-state index contributed by atoms with van der Waals surface area (Å²) in [5, 5.41) is 0.746. The number of aliphatic imine (C=N–C) groups is 2. The molecule has 1 aromatic carbocycles. The van der Waals surface area contributed by atoms with Crippen LogP contribution in [0.15, 0.2) is 39.9 Å². The molecule has 44 heavy (non-hydrogen) atoms. The monoisotopic (exact) mass is 623 g/mol. The van der Waals surface area contributed by atoms with Gasteiger partial charge in [0.2, 0.25) is 5.06 Å². The van der Waals surface area contributed by atoms with Gasteiger partial charge in [-0.25, -0.2) is 9.98 Å². The lowest BCUT2D eigenvalue weighted by molar-refractivity contribution is 0.364. The number of ether oxygens (including phenoxy) is 3. The van der Waals surface area contributed by atoms with E-state index in [4.69, 9.17) is 24.2 Å². The maximum atomic E-state index is 5.93. The number of hydrogen-bond acceptors (Lipinski definition) is 7. The molecule has 0 unspecified atom stereocenters. The fourth-order valence-electron chi connectivity index (χ4n) is 5.47. The Hall–Kier alpha value is -2.80. The number of benzene rings is 1. The summed E-state index contributed by atoms with van der Waals surface area (Å²) >= 11 is 1.54. The zero-order chi connectivity index (χ0) is 32.0. The zero-order valence-corrected chi connectivity index (χ0v) is 29.6. The Morgan fingerprint density at radius 2 is 1.32 bits per heavy atom. The minimum Gasteiger partial charge on any atom is -0.496 e. The first kappa shape index (κ1) is 35.7. The van der Waals surface area contributed by atoms with Gasteiger partial charge in [0.05, 0.1) is 27.0 Å². The quantitative estimate of drug-likeness (QED) is 0.138. The maximum absolute atomic E-state index is 5.93. The van der Waals surface area contributed by atoms with E-state index in [1.807, 2.05) is 6.07 Å². The minimum atomic E-state index is -0.196. The predicted octanol–water partition coefficient (Wildman–Crippen LogP) is 10.6. The maximum Gasteiger partial charge on any atom is 0.217 e. The zero-order valence-electron chi connectivity index (χ0n) is 28.8. The highest BCUT2D eigenvalue weighted by Crippen LogP contribution is 2.40. The van der Waals surface area contributed by atoms with Gasteiger partial charge in [0, 0.05) is 40.7 Å². The summed E-state index contributed by atoms with van der Waals surface area (Å²) in [5.41, 5.74) is 3.69. The third-order valence-corrected chi connectivity index (χ3v) is 9.12. The molecule has 0 bridgehead atoms. The van der Waals surface area contributed by atoms with Crippen LogP contribution < -0.4 is 19.1 Å². The predicted molar refractivity (Wildman–Crippen MR) is 191 cm³/mol. The van der Waals surface area contributed by atoms with Crippen molar-refractivity contribution in [3.8, 4) is 16.6 Å². The first-order chi connectivity index (χ1) is 21.2. The number of amidine groups is 1. The molecule has 0 saturated carbocycles. The Labute approximate surface area is 271 Å². The van der Waals surface area contributed by atoms with Crippen LogP contribution in [0.2, 0.25) is 0 Å². The van der Waals surface area contributed by atoms with E-state index in [-0.39, 0.29) is 5.41 Å². The van der Waals surface area contributed by atoms with Crippen molar-refractivity contribution in [2.45, 2.75) is 112 Å². The smallest absolute Gasteiger partial charge is 0.217 e. The molecule has 0 atom stereocenters. The van der Waals surface area contributed by atoms with E-state index in [9.17, 15) is 0 Å². The lowest BCUT2D eigenvalue weighted by Gasteiger charge is -2.26. The second-order valence-electron chi connectivity index (χ2n) is 12.8. The van der Waals surface area contributed by atoms with Gasteiger partial charge in [0.25, 0.3) is 0 Å². The van der Waals surface area contributed by atoms with Crippen molar-refractivity contribution in [2.75, 3.05) is 39.3 Å². The average Bonchev–Trinajstić information content (AvgIpc) is 3.63. The van der Waals surface area contributed by atoms with Crippen LogP contribution in [0.1, 0.15) is 122 Å². The van der Waals surface area contributed by atoms with Crippen LogP contribution in [0.25, 0.3) is 6.08 Å². The van der Waals surface area contributed by atoms with Gasteiger partial charge in [-0.2, -0.15) is 0 Å². The van der Waals surface area contributed by atoms with E-state index in [2.05, 4.69) is 63.8 Å². The lowest BCUT2D eigenvalue weighted by atomic mass is 9.95. The highest BCUT2D eigenvalue weighted by molar-refractivity contribution is 7.15. The van der Waals surface area contributed by atoms with Gasteiger partial charge in [-0.3, -0.25) is 0 Å². The van der Waals surface area contributed by atoms with Gasteiger partial charge in [0.1, 0.15) is 17.3 Å². The van der Waals surface area contributed by atoms with E-state index >= 15 is 0 Å². The molecule has 0 N–H and O–H groups in total. The van der Waals surface area contributed by atoms with Crippen molar-refractivity contribution in [1.82, 2.24) is 0 Å². The number of anilines is 1. The van der Waals surface area contributed by atoms with Crippen molar-refractivity contribution in [1.29, 1.82) is 0 Å². The number of hydrogen-bond donors (Lipinski definition) is 0. The van der Waals surface area contributed by atoms with Crippen molar-refractivity contribution in [2.24, 2.45) is 15.4 Å². The van der Waals surface area contributed by atoms with Gasteiger partial charge in [-0.15, -0.1) is 0 Å². The number of rotatable bonds is 20. The van der Waals surface area contributed by atoms with Gasteiger partial charge in [-0.05, 0) is 37.1 Å². The van der Waals surface area contributed by atoms with Crippen LogP contribution in [-0.4, -0.2) is 46.0 Å². The van der Waals surface area contributed by atoms with Crippen molar-refractivity contribution >= 4 is 34.6 Å². The molecule has 0 radical (unpaired) electrons. The van der Waals surface area contributed by atoms with E-state index in [0.29, 0.717) is 0 Å². The molecular weight excluding hydrogens is 566 g/mol. The van der Waals surface area contributed by atoms with Crippen LogP contribution >= 0.6 is 11.3 Å². The molecule has 0 spiro atoms. The molecule has 2 aromatic rings. The van der Waals surface area contributed by atoms with Crippen molar-refractivity contribution in [3.63, 3.8) is 0 Å². The highest BCUT2D eigenvalue weighted by atomic mass is 32.1. The van der Waals surface area contributed by atoms with Crippen molar-refractivity contribution < 1.29 is 14.2 Å². The van der Waals surface area contributed by atoms with Crippen LogP contribution in [0, 0.1) is 5.41 Å². The first-order valence-corrected chi connectivity index (χ1v) is 17.6. The first-order valence-electron chi connectivity index (χ1n) is 16.8. The molecule has 0 amide bonds. The number of methoxy groups -OCH3 is 3. The Morgan fingerprint density at radius 1 is 0.727 bits per heavy atom. The molecule has 7 heteroatoms. The highest BCUT2D eigenvalue weighted by Gasteiger charge is 2.29. The van der Waals surface area contributed by atoms with Crippen molar-refractivity contribution in [3.05, 3.63) is 40.4 Å². The molecule has 3 rings (SSSR count). The SMILES string of the molecule is CCCCCCCCN(CCCCCCCC)c1ccc(OC)c(C2=NC(C(C)(C)C)=NC2=Cc2cc(OC)c(OC)s2)c1. The Morgan fingerprint density at radius 3 is 1.84 bits per heavy atom. The minimum absolute atomic E-state index is 0.196. The molecule has 2 heterocycles. The fraction of sp³-hybridized carbons (Fsp3) is 0.622. The van der Waals surface area contributed by atoms with Gasteiger partial charge >= 0.3 is 0 Å². The summed E-state index contributed by atoms with van der Waals surface area (Å²) in [4.78, 5) is 13.8. The van der Waals surface area contributed by atoms with Crippen LogP contribution in [0.5, 0.6) is 16.6 Å². The molecule has 0 aliphatic carbocycles. The summed E-state index contributed by atoms with van der Waals surface area (Å²) in [6, 6.07) is 8.59. The lowest BCUT2D eigenvalue weighted by Crippen LogP contribution is -2.26. The third-order valence-electron chi connectivity index (χ3n) is 8.09. The van der Waals surface area contributed by atoms with Gasteiger partial charge < -0.3 is 19.1 Å². The second-order valence-corrected chi connectivity index (χ2v) is 13.8. The molecule has 1 aliphatic rings. The number of thiophene rings is 1. The second kappa shape index (κ2) is 18.2. The van der Waals surface area contributed by atoms with Crippen LogP contribution in [0.3, 0.4) is 0 Å².